The zero-order valence-corrected chi connectivity index (χ0v) is 19.5. The summed E-state index contributed by atoms with van der Waals surface area (Å²) >= 11 is 0.709. The van der Waals surface area contributed by atoms with E-state index < -0.39 is 27.9 Å². The highest BCUT2D eigenvalue weighted by Crippen LogP contribution is 2.36. The first-order chi connectivity index (χ1) is 17.3. The van der Waals surface area contributed by atoms with Gasteiger partial charge < -0.3 is 9.47 Å². The maximum Gasteiger partial charge on any atom is 0.343 e. The number of amides is 2. The molecule has 1 saturated heterocycles. The Labute approximate surface area is 208 Å². The second kappa shape index (κ2) is 10.4. The Bertz CT molecular complexity index is 1410. The molecule has 3 aromatic rings. The number of nitro groups is 1. The molecule has 0 aromatic heterocycles. The Kier molecular flexibility index (Phi) is 7.11. The number of imide groups is 1. The molecule has 1 aliphatic rings. The molecule has 3 aromatic carbocycles. The Hall–Kier alpha value is -4.51. The highest BCUT2D eigenvalue weighted by atomic mass is 32.2. The van der Waals surface area contributed by atoms with Crippen molar-refractivity contribution >= 4 is 40.6 Å². The minimum Gasteiger partial charge on any atom is -0.493 e. The lowest BCUT2D eigenvalue weighted by Crippen LogP contribution is -2.27. The minimum atomic E-state index is -0.711. The summed E-state index contributed by atoms with van der Waals surface area (Å²) in [6, 6.07) is 15.3. The van der Waals surface area contributed by atoms with Crippen LogP contribution in [0.15, 0.2) is 71.6 Å². The Balaban J connectivity index is 1.53. The summed E-state index contributed by atoms with van der Waals surface area (Å²) in [4.78, 5) is 49.4. The number of nitrogens with zero attached hydrogens (tertiary/aromatic N) is 2. The quantitative estimate of drug-likeness (QED) is 0.141. The van der Waals surface area contributed by atoms with Crippen molar-refractivity contribution in [2.45, 2.75) is 6.54 Å². The van der Waals surface area contributed by atoms with Crippen LogP contribution in [0.5, 0.6) is 11.5 Å². The van der Waals surface area contributed by atoms with Crippen LogP contribution in [0.2, 0.25) is 0 Å². The predicted molar refractivity (Wildman–Crippen MR) is 129 cm³/mol. The van der Waals surface area contributed by atoms with Gasteiger partial charge >= 0.3 is 5.97 Å². The number of rotatable bonds is 7. The van der Waals surface area contributed by atoms with Gasteiger partial charge in [0.2, 0.25) is 0 Å². The minimum absolute atomic E-state index is 0.105. The number of hydrogen-bond donors (Lipinski definition) is 0. The standard InChI is InChI=1S/C25H17FN2O7S/c1-34-21-12-15(6-11-20(21)35-24(30)16-7-9-18(26)10-8-16)13-22-23(29)27(25(31)36-22)14-17-4-2-3-5-19(17)28(32)33/h2-13H,14H2,1H3/b22-13-. The second-order valence-electron chi connectivity index (χ2n) is 7.46. The van der Waals surface area contributed by atoms with E-state index in [2.05, 4.69) is 0 Å². The number of methoxy groups -OCH3 is 1. The molecule has 1 aliphatic heterocycles. The molecule has 0 unspecified atom stereocenters. The summed E-state index contributed by atoms with van der Waals surface area (Å²) in [5, 5.41) is 10.7. The van der Waals surface area contributed by atoms with Gasteiger partial charge in [-0.05, 0) is 59.8 Å². The first kappa shape index (κ1) is 24.6. The van der Waals surface area contributed by atoms with Crippen molar-refractivity contribution < 1.29 is 33.2 Å². The lowest BCUT2D eigenvalue weighted by Gasteiger charge is -2.12. The monoisotopic (exact) mass is 508 g/mol. The van der Waals surface area contributed by atoms with Crippen LogP contribution in [0.25, 0.3) is 6.08 Å². The fourth-order valence-corrected chi connectivity index (χ4v) is 4.22. The van der Waals surface area contributed by atoms with Crippen LogP contribution in [0.4, 0.5) is 14.9 Å². The van der Waals surface area contributed by atoms with E-state index in [1.807, 2.05) is 0 Å². The summed E-state index contributed by atoms with van der Waals surface area (Å²) in [7, 11) is 1.37. The number of benzene rings is 3. The topological polar surface area (TPSA) is 116 Å². The number of carbonyl (C=O) groups is 3. The smallest absolute Gasteiger partial charge is 0.343 e. The third-order valence-corrected chi connectivity index (χ3v) is 6.07. The van der Waals surface area contributed by atoms with E-state index in [-0.39, 0.29) is 39.8 Å². The molecule has 1 heterocycles. The molecule has 0 N–H and O–H groups in total. The number of hydrogen-bond acceptors (Lipinski definition) is 8. The van der Waals surface area contributed by atoms with Crippen molar-refractivity contribution in [3.8, 4) is 11.5 Å². The lowest BCUT2D eigenvalue weighted by molar-refractivity contribution is -0.385. The van der Waals surface area contributed by atoms with Gasteiger partial charge in [-0.25, -0.2) is 9.18 Å². The van der Waals surface area contributed by atoms with E-state index >= 15 is 0 Å². The van der Waals surface area contributed by atoms with Crippen LogP contribution in [-0.4, -0.2) is 34.0 Å². The zero-order valence-electron chi connectivity index (χ0n) is 18.7. The number of ether oxygens (including phenoxy) is 2. The van der Waals surface area contributed by atoms with Gasteiger partial charge in [0.25, 0.3) is 16.8 Å². The third kappa shape index (κ3) is 5.26. The third-order valence-electron chi connectivity index (χ3n) is 5.16. The fourth-order valence-electron chi connectivity index (χ4n) is 3.38. The van der Waals surface area contributed by atoms with Crippen LogP contribution in [0.3, 0.4) is 0 Å². The number of halogens is 1. The normalized spacial score (nSPS) is 14.3. The van der Waals surface area contributed by atoms with Gasteiger partial charge in [-0.15, -0.1) is 0 Å². The average molecular weight is 508 g/mol. The van der Waals surface area contributed by atoms with Crippen molar-refractivity contribution in [1.82, 2.24) is 4.90 Å². The van der Waals surface area contributed by atoms with E-state index in [4.69, 9.17) is 9.47 Å². The van der Waals surface area contributed by atoms with Crippen molar-refractivity contribution in [3.05, 3.63) is 104 Å². The number of esters is 1. The van der Waals surface area contributed by atoms with Crippen molar-refractivity contribution in [1.29, 1.82) is 0 Å². The first-order valence-corrected chi connectivity index (χ1v) is 11.2. The molecule has 0 atom stereocenters. The summed E-state index contributed by atoms with van der Waals surface area (Å²) < 4.78 is 23.7. The number of nitro benzene ring substituents is 1. The van der Waals surface area contributed by atoms with Crippen molar-refractivity contribution in [2.75, 3.05) is 7.11 Å². The molecule has 0 radical (unpaired) electrons. The van der Waals surface area contributed by atoms with Crippen LogP contribution in [-0.2, 0) is 11.3 Å². The molecule has 0 aliphatic carbocycles. The second-order valence-corrected chi connectivity index (χ2v) is 8.45. The fraction of sp³-hybridized carbons (Fsp3) is 0.0800. The van der Waals surface area contributed by atoms with Crippen LogP contribution >= 0.6 is 11.8 Å². The number of carbonyl (C=O) groups excluding carboxylic acids is 3. The van der Waals surface area contributed by atoms with Crippen molar-refractivity contribution in [3.63, 3.8) is 0 Å². The number of thioether (sulfide) groups is 1. The molecule has 2 amide bonds. The van der Waals surface area contributed by atoms with Gasteiger partial charge in [0.05, 0.1) is 29.0 Å². The van der Waals surface area contributed by atoms with Gasteiger partial charge in [-0.2, -0.15) is 0 Å². The molecule has 1 fully saturated rings. The van der Waals surface area contributed by atoms with Gasteiger partial charge in [0.1, 0.15) is 5.82 Å². The average Bonchev–Trinajstić information content (AvgIpc) is 3.12. The largest absolute Gasteiger partial charge is 0.493 e. The Morgan fingerprint density at radius 2 is 1.81 bits per heavy atom. The molecular weight excluding hydrogens is 491 g/mol. The van der Waals surface area contributed by atoms with Crippen molar-refractivity contribution in [2.24, 2.45) is 0 Å². The van der Waals surface area contributed by atoms with Crippen LogP contribution in [0.1, 0.15) is 21.5 Å². The summed E-state index contributed by atoms with van der Waals surface area (Å²) in [6.07, 6.45) is 1.47. The predicted octanol–water partition coefficient (Wildman–Crippen LogP) is 5.20. The molecule has 11 heteroatoms. The first-order valence-electron chi connectivity index (χ1n) is 10.4. The van der Waals surface area contributed by atoms with E-state index in [0.717, 1.165) is 17.0 Å². The van der Waals surface area contributed by atoms with E-state index in [0.29, 0.717) is 17.3 Å². The molecule has 182 valence electrons. The van der Waals surface area contributed by atoms with Crippen LogP contribution < -0.4 is 9.47 Å². The number of para-hydroxylation sites is 1. The molecule has 9 nitrogen and oxygen atoms in total. The summed E-state index contributed by atoms with van der Waals surface area (Å²) in [5.74, 6) is -1.49. The molecule has 0 spiro atoms. The maximum absolute atomic E-state index is 13.1. The van der Waals surface area contributed by atoms with Crippen LogP contribution in [0, 0.1) is 15.9 Å². The van der Waals surface area contributed by atoms with E-state index in [9.17, 15) is 28.9 Å². The van der Waals surface area contributed by atoms with E-state index in [1.54, 1.807) is 12.1 Å². The summed E-state index contributed by atoms with van der Waals surface area (Å²) in [5.41, 5.74) is 0.690. The summed E-state index contributed by atoms with van der Waals surface area (Å²) in [6.45, 7) is -0.235. The van der Waals surface area contributed by atoms with Gasteiger partial charge in [0, 0.05) is 11.6 Å². The maximum atomic E-state index is 13.1. The Morgan fingerprint density at radius 3 is 2.50 bits per heavy atom. The zero-order chi connectivity index (χ0) is 25.8. The highest BCUT2D eigenvalue weighted by molar-refractivity contribution is 8.18. The molecule has 36 heavy (non-hydrogen) atoms. The van der Waals surface area contributed by atoms with Gasteiger partial charge in [0.15, 0.2) is 11.5 Å². The van der Waals surface area contributed by atoms with Gasteiger partial charge in [-0.3, -0.25) is 24.6 Å². The molecule has 4 rings (SSSR count). The molecular formula is C25H17FN2O7S. The SMILES string of the molecule is COc1cc(/C=C2\SC(=O)N(Cc3ccccc3[N+](=O)[O-])C2=O)ccc1OC(=O)c1ccc(F)cc1. The highest BCUT2D eigenvalue weighted by Gasteiger charge is 2.36. The van der Waals surface area contributed by atoms with Gasteiger partial charge in [-0.1, -0.05) is 24.3 Å². The molecule has 0 bridgehead atoms. The van der Waals surface area contributed by atoms with E-state index in [1.165, 1.54) is 55.7 Å². The lowest BCUT2D eigenvalue weighted by atomic mass is 10.1. The molecule has 0 saturated carbocycles. The Morgan fingerprint density at radius 1 is 1.08 bits per heavy atom.